The van der Waals surface area contributed by atoms with Crippen molar-refractivity contribution in [1.29, 1.82) is 0 Å². The average Bonchev–Trinajstić information content (AvgIpc) is 2.54. The standard InChI is InChI=1S/C13H25N3/c1-11-9-14-12(16-11)15-10-13(2)7-5-3-4-6-8-13/h11H,3-10H2,1-2H3,(H2,14,15,16). The molecule has 0 aromatic heterocycles. The molecular weight excluding hydrogens is 198 g/mol. The van der Waals surface area contributed by atoms with E-state index in [0.29, 0.717) is 11.5 Å². The van der Waals surface area contributed by atoms with E-state index < -0.39 is 0 Å². The molecule has 1 aliphatic carbocycles. The van der Waals surface area contributed by atoms with Gasteiger partial charge in [-0.15, -0.1) is 0 Å². The Morgan fingerprint density at radius 2 is 2.00 bits per heavy atom. The molecule has 16 heavy (non-hydrogen) atoms. The Morgan fingerprint density at radius 3 is 2.56 bits per heavy atom. The summed E-state index contributed by atoms with van der Waals surface area (Å²) in [5, 5.41) is 6.85. The molecule has 0 bridgehead atoms. The zero-order valence-electron chi connectivity index (χ0n) is 10.7. The van der Waals surface area contributed by atoms with E-state index >= 15 is 0 Å². The molecule has 0 aromatic carbocycles. The van der Waals surface area contributed by atoms with Crippen LogP contribution in [-0.2, 0) is 0 Å². The van der Waals surface area contributed by atoms with Crippen LogP contribution in [0.2, 0.25) is 0 Å². The number of aliphatic imine (C=N–C) groups is 1. The molecule has 0 amide bonds. The highest BCUT2D eigenvalue weighted by atomic mass is 15.2. The third-order valence-electron chi connectivity index (χ3n) is 3.90. The maximum Gasteiger partial charge on any atom is 0.191 e. The molecule has 2 rings (SSSR count). The van der Waals surface area contributed by atoms with Gasteiger partial charge in [0.05, 0.1) is 6.54 Å². The van der Waals surface area contributed by atoms with Gasteiger partial charge in [-0.1, -0.05) is 32.6 Å². The largest absolute Gasteiger partial charge is 0.356 e. The fourth-order valence-electron chi connectivity index (χ4n) is 2.72. The van der Waals surface area contributed by atoms with Crippen LogP contribution in [0.1, 0.15) is 52.4 Å². The number of nitrogens with zero attached hydrogens (tertiary/aromatic N) is 1. The second-order valence-corrected chi connectivity index (χ2v) is 5.81. The molecule has 1 heterocycles. The summed E-state index contributed by atoms with van der Waals surface area (Å²) < 4.78 is 0. The molecule has 0 spiro atoms. The van der Waals surface area contributed by atoms with E-state index in [0.717, 1.165) is 19.0 Å². The van der Waals surface area contributed by atoms with E-state index in [9.17, 15) is 0 Å². The van der Waals surface area contributed by atoms with Crippen LogP contribution >= 0.6 is 0 Å². The molecule has 1 saturated carbocycles. The Morgan fingerprint density at radius 1 is 1.31 bits per heavy atom. The van der Waals surface area contributed by atoms with E-state index in [1.54, 1.807) is 0 Å². The second kappa shape index (κ2) is 5.07. The molecule has 0 aromatic rings. The van der Waals surface area contributed by atoms with Crippen molar-refractivity contribution in [3.05, 3.63) is 0 Å². The number of rotatable bonds is 2. The van der Waals surface area contributed by atoms with Gasteiger partial charge in [-0.2, -0.15) is 0 Å². The van der Waals surface area contributed by atoms with E-state index in [1.807, 2.05) is 0 Å². The molecule has 0 saturated heterocycles. The van der Waals surface area contributed by atoms with E-state index in [4.69, 9.17) is 0 Å². The first kappa shape index (κ1) is 11.7. The summed E-state index contributed by atoms with van der Waals surface area (Å²) in [7, 11) is 0. The Labute approximate surface area is 99.1 Å². The number of hydrogen-bond donors (Lipinski definition) is 2. The summed E-state index contributed by atoms with van der Waals surface area (Å²) in [6.07, 6.45) is 8.37. The predicted molar refractivity (Wildman–Crippen MR) is 68.7 cm³/mol. The van der Waals surface area contributed by atoms with Crippen molar-refractivity contribution in [2.45, 2.75) is 58.4 Å². The van der Waals surface area contributed by atoms with Gasteiger partial charge in [-0.25, -0.2) is 0 Å². The van der Waals surface area contributed by atoms with Crippen LogP contribution in [0.4, 0.5) is 0 Å². The minimum Gasteiger partial charge on any atom is -0.356 e. The van der Waals surface area contributed by atoms with Gasteiger partial charge in [-0.3, -0.25) is 4.99 Å². The second-order valence-electron chi connectivity index (χ2n) is 5.81. The summed E-state index contributed by atoms with van der Waals surface area (Å²) >= 11 is 0. The molecule has 1 unspecified atom stereocenters. The monoisotopic (exact) mass is 223 g/mol. The van der Waals surface area contributed by atoms with Crippen molar-refractivity contribution in [3.8, 4) is 0 Å². The normalized spacial score (nSPS) is 29.1. The molecule has 2 aliphatic rings. The van der Waals surface area contributed by atoms with Crippen molar-refractivity contribution in [1.82, 2.24) is 10.6 Å². The Hall–Kier alpha value is -0.730. The van der Waals surface area contributed by atoms with Crippen LogP contribution in [0, 0.1) is 5.41 Å². The minimum atomic E-state index is 0.479. The van der Waals surface area contributed by atoms with E-state index in [1.165, 1.54) is 38.5 Å². The lowest BCUT2D eigenvalue weighted by molar-refractivity contribution is 0.277. The highest BCUT2D eigenvalue weighted by Gasteiger charge is 2.26. The van der Waals surface area contributed by atoms with Gasteiger partial charge in [0.25, 0.3) is 0 Å². The highest BCUT2D eigenvalue weighted by molar-refractivity contribution is 5.81. The molecular formula is C13H25N3. The molecule has 3 heteroatoms. The van der Waals surface area contributed by atoms with Crippen LogP contribution in [0.3, 0.4) is 0 Å². The van der Waals surface area contributed by atoms with Gasteiger partial charge in [0.2, 0.25) is 0 Å². The van der Waals surface area contributed by atoms with Crippen molar-refractivity contribution in [2.24, 2.45) is 10.4 Å². The first-order chi connectivity index (χ1) is 7.68. The lowest BCUT2D eigenvalue weighted by Gasteiger charge is -2.28. The van der Waals surface area contributed by atoms with Crippen LogP contribution < -0.4 is 10.6 Å². The number of hydrogen-bond acceptors (Lipinski definition) is 3. The predicted octanol–water partition coefficient (Wildman–Crippen LogP) is 2.28. The molecule has 1 fully saturated rings. The van der Waals surface area contributed by atoms with Crippen molar-refractivity contribution < 1.29 is 0 Å². The van der Waals surface area contributed by atoms with E-state index in [2.05, 4.69) is 29.5 Å². The third kappa shape index (κ3) is 3.13. The summed E-state index contributed by atoms with van der Waals surface area (Å²) in [6, 6.07) is 0.504. The van der Waals surface area contributed by atoms with Crippen molar-refractivity contribution in [2.75, 3.05) is 13.1 Å². The molecule has 0 radical (unpaired) electrons. The summed E-state index contributed by atoms with van der Waals surface area (Å²) in [5.74, 6) is 1.01. The van der Waals surface area contributed by atoms with Crippen LogP contribution in [0.5, 0.6) is 0 Å². The first-order valence-corrected chi connectivity index (χ1v) is 6.73. The lowest BCUT2D eigenvalue weighted by atomic mass is 9.82. The molecule has 92 valence electrons. The van der Waals surface area contributed by atoms with Gasteiger partial charge < -0.3 is 10.6 Å². The van der Waals surface area contributed by atoms with Crippen LogP contribution in [-0.4, -0.2) is 25.1 Å². The quantitative estimate of drug-likeness (QED) is 0.705. The fraction of sp³-hybridized carbons (Fsp3) is 0.923. The topological polar surface area (TPSA) is 36.4 Å². The smallest absolute Gasteiger partial charge is 0.191 e. The number of guanidine groups is 1. The third-order valence-corrected chi connectivity index (χ3v) is 3.90. The van der Waals surface area contributed by atoms with Crippen molar-refractivity contribution in [3.63, 3.8) is 0 Å². The van der Waals surface area contributed by atoms with Gasteiger partial charge >= 0.3 is 0 Å². The summed E-state index contributed by atoms with van der Waals surface area (Å²) in [5.41, 5.74) is 0.479. The summed E-state index contributed by atoms with van der Waals surface area (Å²) in [6.45, 7) is 6.58. The zero-order valence-corrected chi connectivity index (χ0v) is 10.7. The van der Waals surface area contributed by atoms with Gasteiger partial charge in [0, 0.05) is 12.6 Å². The Kier molecular flexibility index (Phi) is 3.72. The van der Waals surface area contributed by atoms with Gasteiger partial charge in [0.15, 0.2) is 5.96 Å². The Bertz CT molecular complexity index is 252. The summed E-state index contributed by atoms with van der Waals surface area (Å²) in [4.78, 5) is 4.45. The minimum absolute atomic E-state index is 0.479. The van der Waals surface area contributed by atoms with E-state index in [-0.39, 0.29) is 0 Å². The first-order valence-electron chi connectivity index (χ1n) is 6.73. The maximum atomic E-state index is 4.45. The number of nitrogens with one attached hydrogen (secondary N) is 2. The van der Waals surface area contributed by atoms with Crippen molar-refractivity contribution >= 4 is 5.96 Å². The average molecular weight is 223 g/mol. The van der Waals surface area contributed by atoms with Gasteiger partial charge in [0.1, 0.15) is 0 Å². The molecule has 1 aliphatic heterocycles. The molecule has 2 N–H and O–H groups in total. The molecule has 1 atom stereocenters. The fourth-order valence-corrected chi connectivity index (χ4v) is 2.72. The SMILES string of the molecule is CC1CN=C(NCC2(C)CCCCCC2)N1. The molecule has 3 nitrogen and oxygen atoms in total. The highest BCUT2D eigenvalue weighted by Crippen LogP contribution is 2.33. The lowest BCUT2D eigenvalue weighted by Crippen LogP contribution is -2.42. The zero-order chi connectivity index (χ0) is 11.4. The van der Waals surface area contributed by atoms with Crippen LogP contribution in [0.25, 0.3) is 0 Å². The van der Waals surface area contributed by atoms with Crippen LogP contribution in [0.15, 0.2) is 4.99 Å². The maximum absolute atomic E-state index is 4.45. The Balaban J connectivity index is 1.79. The van der Waals surface area contributed by atoms with Gasteiger partial charge in [-0.05, 0) is 25.2 Å².